The largest absolute Gasteiger partial charge is 0.324 e. The standard InChI is InChI=1S/C14H22N/c1-12(2)8-6-7-11-14(15)13-9-4-3-5-10-13/h3-5,9-12,14H,6-8,15H2,1-2H3. The highest BCUT2D eigenvalue weighted by Gasteiger charge is 2.04. The second-order valence-corrected chi connectivity index (χ2v) is 4.50. The molecule has 0 saturated carbocycles. The zero-order valence-electron chi connectivity index (χ0n) is 9.82. The normalized spacial score (nSPS) is 13.1. The molecule has 1 aromatic rings. The van der Waals surface area contributed by atoms with E-state index in [1.54, 1.807) is 0 Å². The summed E-state index contributed by atoms with van der Waals surface area (Å²) in [6, 6.07) is 10.4. The predicted molar refractivity (Wildman–Crippen MR) is 66.4 cm³/mol. The van der Waals surface area contributed by atoms with E-state index in [2.05, 4.69) is 32.4 Å². The molecule has 1 unspecified atom stereocenters. The monoisotopic (exact) mass is 204 g/mol. The summed E-state index contributed by atoms with van der Waals surface area (Å²) in [5, 5.41) is 0. The minimum Gasteiger partial charge on any atom is -0.324 e. The topological polar surface area (TPSA) is 26.0 Å². The Bertz CT molecular complexity index is 253. The van der Waals surface area contributed by atoms with Crippen LogP contribution in [0.2, 0.25) is 0 Å². The molecule has 1 aromatic carbocycles. The Morgan fingerprint density at radius 2 is 1.87 bits per heavy atom. The van der Waals surface area contributed by atoms with Gasteiger partial charge in [0.1, 0.15) is 0 Å². The van der Waals surface area contributed by atoms with Crippen LogP contribution in [0.1, 0.15) is 44.7 Å². The molecular formula is C14H22N. The van der Waals surface area contributed by atoms with Crippen LogP contribution in [-0.2, 0) is 0 Å². The van der Waals surface area contributed by atoms with Crippen LogP contribution in [-0.4, -0.2) is 0 Å². The van der Waals surface area contributed by atoms with E-state index in [1.165, 1.54) is 18.4 Å². The number of hydrogen-bond donors (Lipinski definition) is 1. The quantitative estimate of drug-likeness (QED) is 0.702. The van der Waals surface area contributed by atoms with Gasteiger partial charge in [0, 0.05) is 6.04 Å². The van der Waals surface area contributed by atoms with Crippen molar-refractivity contribution in [2.45, 2.75) is 39.2 Å². The van der Waals surface area contributed by atoms with Crippen molar-refractivity contribution in [1.82, 2.24) is 0 Å². The molecule has 0 aliphatic carbocycles. The minimum absolute atomic E-state index is 0.0957. The predicted octanol–water partition coefficient (Wildman–Crippen LogP) is 3.72. The van der Waals surface area contributed by atoms with Gasteiger partial charge in [0.2, 0.25) is 0 Å². The Morgan fingerprint density at radius 3 is 2.47 bits per heavy atom. The molecule has 0 aliphatic heterocycles. The number of unbranched alkanes of at least 4 members (excludes halogenated alkanes) is 1. The van der Waals surface area contributed by atoms with Gasteiger partial charge in [-0.2, -0.15) is 0 Å². The maximum Gasteiger partial charge on any atom is 0.0326 e. The molecule has 1 atom stereocenters. The first kappa shape index (κ1) is 12.3. The third kappa shape index (κ3) is 4.98. The first-order valence-electron chi connectivity index (χ1n) is 5.84. The average molecular weight is 204 g/mol. The molecule has 0 heterocycles. The highest BCUT2D eigenvalue weighted by atomic mass is 14.6. The maximum absolute atomic E-state index is 6.06. The summed E-state index contributed by atoms with van der Waals surface area (Å²) in [4.78, 5) is 0. The first-order valence-corrected chi connectivity index (χ1v) is 5.84. The van der Waals surface area contributed by atoms with E-state index in [1.807, 2.05) is 18.2 Å². The molecule has 0 fully saturated rings. The Balaban J connectivity index is 2.22. The first-order chi connectivity index (χ1) is 7.20. The van der Waals surface area contributed by atoms with E-state index in [0.717, 1.165) is 12.3 Å². The molecule has 83 valence electrons. The van der Waals surface area contributed by atoms with E-state index in [0.29, 0.717) is 0 Å². The SMILES string of the molecule is CC(C)CCC[CH]C(N)c1ccccc1. The lowest BCUT2D eigenvalue weighted by Crippen LogP contribution is -2.10. The van der Waals surface area contributed by atoms with Crippen molar-refractivity contribution in [3.63, 3.8) is 0 Å². The summed E-state index contributed by atoms with van der Waals surface area (Å²) < 4.78 is 0. The van der Waals surface area contributed by atoms with Crippen LogP contribution in [0.25, 0.3) is 0 Å². The van der Waals surface area contributed by atoms with Gasteiger partial charge in [-0.3, -0.25) is 0 Å². The number of rotatable bonds is 6. The van der Waals surface area contributed by atoms with Gasteiger partial charge in [-0.05, 0) is 24.3 Å². The molecule has 1 heteroatoms. The van der Waals surface area contributed by atoms with Gasteiger partial charge in [0.25, 0.3) is 0 Å². The van der Waals surface area contributed by atoms with E-state index in [9.17, 15) is 0 Å². The molecule has 0 aromatic heterocycles. The lowest BCUT2D eigenvalue weighted by atomic mass is 9.99. The van der Waals surface area contributed by atoms with Gasteiger partial charge < -0.3 is 5.73 Å². The molecule has 1 nitrogen and oxygen atoms in total. The van der Waals surface area contributed by atoms with Crippen LogP contribution in [0, 0.1) is 12.3 Å². The van der Waals surface area contributed by atoms with Crippen molar-refractivity contribution in [2.75, 3.05) is 0 Å². The van der Waals surface area contributed by atoms with Gasteiger partial charge in [0.15, 0.2) is 0 Å². The number of hydrogen-bond acceptors (Lipinski definition) is 1. The molecule has 0 amide bonds. The van der Waals surface area contributed by atoms with Gasteiger partial charge in [-0.25, -0.2) is 0 Å². The van der Waals surface area contributed by atoms with Crippen LogP contribution in [0.3, 0.4) is 0 Å². The fourth-order valence-electron chi connectivity index (χ4n) is 1.63. The highest BCUT2D eigenvalue weighted by Crippen LogP contribution is 2.17. The summed E-state index contributed by atoms with van der Waals surface area (Å²) in [6.45, 7) is 4.52. The Morgan fingerprint density at radius 1 is 1.20 bits per heavy atom. The second kappa shape index (κ2) is 6.62. The van der Waals surface area contributed by atoms with Gasteiger partial charge in [-0.15, -0.1) is 0 Å². The van der Waals surface area contributed by atoms with Crippen LogP contribution < -0.4 is 5.73 Å². The summed E-state index contributed by atoms with van der Waals surface area (Å²) in [5.41, 5.74) is 7.27. The fourth-order valence-corrected chi connectivity index (χ4v) is 1.63. The summed E-state index contributed by atoms with van der Waals surface area (Å²) in [6.07, 6.45) is 5.88. The van der Waals surface area contributed by atoms with Gasteiger partial charge in [0.05, 0.1) is 0 Å². The number of nitrogens with two attached hydrogens (primary N) is 1. The Kier molecular flexibility index (Phi) is 5.41. The van der Waals surface area contributed by atoms with E-state index in [4.69, 9.17) is 5.73 Å². The molecular weight excluding hydrogens is 182 g/mol. The highest BCUT2D eigenvalue weighted by molar-refractivity contribution is 5.20. The fraction of sp³-hybridized carbons (Fsp3) is 0.500. The van der Waals surface area contributed by atoms with Crippen molar-refractivity contribution in [3.8, 4) is 0 Å². The maximum atomic E-state index is 6.06. The minimum atomic E-state index is 0.0957. The third-order valence-electron chi connectivity index (χ3n) is 2.59. The third-order valence-corrected chi connectivity index (χ3v) is 2.59. The summed E-state index contributed by atoms with van der Waals surface area (Å²) >= 11 is 0. The van der Waals surface area contributed by atoms with Crippen molar-refractivity contribution in [3.05, 3.63) is 42.3 Å². The van der Waals surface area contributed by atoms with Crippen molar-refractivity contribution < 1.29 is 0 Å². The van der Waals surface area contributed by atoms with Crippen molar-refractivity contribution >= 4 is 0 Å². The molecule has 1 radical (unpaired) electrons. The van der Waals surface area contributed by atoms with Crippen LogP contribution in [0.4, 0.5) is 0 Å². The van der Waals surface area contributed by atoms with E-state index < -0.39 is 0 Å². The van der Waals surface area contributed by atoms with E-state index in [-0.39, 0.29) is 6.04 Å². The smallest absolute Gasteiger partial charge is 0.0326 e. The Hall–Kier alpha value is -0.820. The summed E-state index contributed by atoms with van der Waals surface area (Å²) in [5.74, 6) is 0.798. The molecule has 0 aliphatic rings. The van der Waals surface area contributed by atoms with Crippen molar-refractivity contribution in [2.24, 2.45) is 11.7 Å². The molecule has 0 bridgehead atoms. The Labute approximate surface area is 93.7 Å². The molecule has 2 N–H and O–H groups in total. The molecule has 0 saturated heterocycles. The molecule has 1 rings (SSSR count). The summed E-state index contributed by atoms with van der Waals surface area (Å²) in [7, 11) is 0. The number of benzene rings is 1. The van der Waals surface area contributed by atoms with E-state index >= 15 is 0 Å². The lowest BCUT2D eigenvalue weighted by Gasteiger charge is -2.11. The van der Waals surface area contributed by atoms with Crippen LogP contribution in [0.15, 0.2) is 30.3 Å². The second-order valence-electron chi connectivity index (χ2n) is 4.50. The van der Waals surface area contributed by atoms with Gasteiger partial charge in [-0.1, -0.05) is 57.0 Å². The zero-order valence-corrected chi connectivity index (χ0v) is 9.82. The van der Waals surface area contributed by atoms with Crippen LogP contribution in [0.5, 0.6) is 0 Å². The van der Waals surface area contributed by atoms with Crippen LogP contribution >= 0.6 is 0 Å². The molecule has 0 spiro atoms. The van der Waals surface area contributed by atoms with Crippen molar-refractivity contribution in [1.29, 1.82) is 0 Å². The lowest BCUT2D eigenvalue weighted by molar-refractivity contribution is 0.545. The van der Waals surface area contributed by atoms with Gasteiger partial charge >= 0.3 is 0 Å². The average Bonchev–Trinajstić information content (AvgIpc) is 2.25. The zero-order chi connectivity index (χ0) is 11.1. The molecule has 15 heavy (non-hydrogen) atoms.